The first kappa shape index (κ1) is 15.7. The number of aliphatic hydroxyl groups excluding tert-OH is 2. The van der Waals surface area contributed by atoms with Crippen LogP contribution in [0.3, 0.4) is 0 Å². The number of hydrogen-bond acceptors (Lipinski definition) is 10. The van der Waals surface area contributed by atoms with Crippen molar-refractivity contribution in [1.29, 1.82) is 0 Å². The zero-order chi connectivity index (χ0) is 22.5. The van der Waals surface area contributed by atoms with Gasteiger partial charge in [0.25, 0.3) is 0 Å². The van der Waals surface area contributed by atoms with Gasteiger partial charge in [-0.25, -0.2) is 0 Å². The van der Waals surface area contributed by atoms with Crippen LogP contribution in [0, 0.1) is 0 Å². The van der Waals surface area contributed by atoms with Crippen LogP contribution in [0.2, 0.25) is 0 Å². The minimum atomic E-state index is -4.34. The average Bonchev–Trinajstić information content (AvgIpc) is 2.73. The molecule has 0 aliphatic rings. The van der Waals surface area contributed by atoms with Gasteiger partial charge in [0, 0.05) is 5.48 Å². The Morgan fingerprint density at radius 2 is 1.42 bits per heavy atom. The Labute approximate surface area is 142 Å². The third-order valence-electron chi connectivity index (χ3n) is 3.58. The Hall–Kier alpha value is -1.85. The van der Waals surface area contributed by atoms with Gasteiger partial charge < -0.3 is 25.5 Å². The average molecular weight is 352 g/mol. The summed E-state index contributed by atoms with van der Waals surface area (Å²) in [4.78, 5) is 59.2. The number of ketones is 4. The molecular weight excluding hydrogens is 328 g/mol. The fourth-order valence-electron chi connectivity index (χ4n) is 2.05. The summed E-state index contributed by atoms with van der Waals surface area (Å²) in [7, 11) is 0. The first-order chi connectivity index (χ1) is 12.8. The molecule has 5 N–H and O–H groups in total. The van der Waals surface area contributed by atoms with E-state index in [4.69, 9.17) is 5.48 Å². The van der Waals surface area contributed by atoms with Crippen LogP contribution in [0.25, 0.3) is 0 Å². The molecule has 0 saturated carbocycles. The fraction of sp³-hybridized carbons (Fsp3) is 0.643. The van der Waals surface area contributed by atoms with Crippen molar-refractivity contribution in [2.45, 2.75) is 56.6 Å². The van der Waals surface area contributed by atoms with Crippen molar-refractivity contribution in [2.75, 3.05) is 0 Å². The van der Waals surface area contributed by atoms with Crippen molar-refractivity contribution in [3.63, 3.8) is 0 Å². The van der Waals surface area contributed by atoms with Gasteiger partial charge in [0.1, 0.15) is 12.2 Å². The summed E-state index contributed by atoms with van der Waals surface area (Å²) in [5.74, 6) is -7.56. The maximum Gasteiger partial charge on any atom is 0.217 e. The van der Waals surface area contributed by atoms with Crippen LogP contribution < -0.4 is 0 Å². The zero-order valence-corrected chi connectivity index (χ0v) is 12.3. The van der Waals surface area contributed by atoms with Gasteiger partial charge in [-0.05, 0) is 27.6 Å². The molecule has 0 heterocycles. The van der Waals surface area contributed by atoms with Gasteiger partial charge in [-0.3, -0.25) is 24.0 Å². The van der Waals surface area contributed by atoms with Gasteiger partial charge in [0.05, 0.1) is 0 Å². The van der Waals surface area contributed by atoms with Crippen LogP contribution in [0.5, 0.6) is 0 Å². The van der Waals surface area contributed by atoms with Crippen molar-refractivity contribution < 1.29 is 55.0 Å². The van der Waals surface area contributed by atoms with Gasteiger partial charge in [-0.2, -0.15) is 0 Å². The van der Waals surface area contributed by atoms with E-state index in [1.807, 2.05) is 0 Å². The Morgan fingerprint density at radius 1 is 0.917 bits per heavy atom. The quantitative estimate of drug-likeness (QED) is 0.205. The predicted octanol–water partition coefficient (Wildman–Crippen LogP) is -3.54. The SMILES string of the molecule is [2H]CC(=O)C(O)[C@@H](O)[C@](O)(C(=O)C[2H])[C@@](O)(C(=O)C[2H])[C@](O)(C=O)C(=O)C[2H]. The van der Waals surface area contributed by atoms with Crippen LogP contribution in [0.4, 0.5) is 0 Å². The van der Waals surface area contributed by atoms with Gasteiger partial charge >= 0.3 is 0 Å². The van der Waals surface area contributed by atoms with E-state index >= 15 is 0 Å². The second kappa shape index (κ2) is 6.95. The van der Waals surface area contributed by atoms with Crippen LogP contribution in [-0.4, -0.2) is 84.0 Å². The van der Waals surface area contributed by atoms with E-state index in [1.165, 1.54) is 0 Å². The number of aldehydes is 1. The Balaban J connectivity index is 7.17. The van der Waals surface area contributed by atoms with Crippen molar-refractivity contribution in [3.8, 4) is 0 Å². The lowest BCUT2D eigenvalue weighted by molar-refractivity contribution is -0.248. The van der Waals surface area contributed by atoms with Crippen molar-refractivity contribution >= 4 is 29.4 Å². The molecule has 0 fully saturated rings. The Bertz CT molecular complexity index is 658. The number of Topliss-reactive ketones (excluding diaryl/α,β-unsaturated/α-hetero) is 4. The van der Waals surface area contributed by atoms with Crippen LogP contribution in [0.15, 0.2) is 0 Å². The summed E-state index contributed by atoms with van der Waals surface area (Å²) in [6.07, 6.45) is -6.84. The summed E-state index contributed by atoms with van der Waals surface area (Å²) in [6, 6.07) is 0. The van der Waals surface area contributed by atoms with Crippen LogP contribution in [-0.2, 0) is 24.0 Å². The molecule has 0 bridgehead atoms. The molecule has 10 nitrogen and oxygen atoms in total. The van der Waals surface area contributed by atoms with E-state index in [9.17, 15) is 49.5 Å². The van der Waals surface area contributed by atoms with E-state index in [2.05, 4.69) is 0 Å². The first-order valence-electron chi connectivity index (χ1n) is 8.93. The number of carbonyl (C=O) groups is 5. The molecule has 5 atom stereocenters. The van der Waals surface area contributed by atoms with Crippen molar-refractivity contribution in [1.82, 2.24) is 0 Å². The number of carbonyl (C=O) groups excluding carboxylic acids is 5. The van der Waals surface area contributed by atoms with Crippen molar-refractivity contribution in [2.24, 2.45) is 0 Å². The lowest BCUT2D eigenvalue weighted by Gasteiger charge is -2.48. The minimum absolute atomic E-state index is 0.814. The van der Waals surface area contributed by atoms with Gasteiger partial charge in [0.2, 0.25) is 11.2 Å². The molecule has 136 valence electrons. The lowest BCUT2D eigenvalue weighted by atomic mass is 9.62. The molecule has 0 spiro atoms. The second-order valence-electron chi connectivity index (χ2n) is 4.99. The molecule has 0 radical (unpaired) electrons. The summed E-state index contributed by atoms with van der Waals surface area (Å²) in [6.45, 7) is -5.82. The highest BCUT2D eigenvalue weighted by Gasteiger charge is 2.73. The topological polar surface area (TPSA) is 186 Å². The maximum atomic E-state index is 12.2. The van der Waals surface area contributed by atoms with E-state index in [1.54, 1.807) is 0 Å². The number of aliphatic hydroxyl groups is 5. The van der Waals surface area contributed by atoms with E-state index in [-0.39, 0.29) is 0 Å². The largest absolute Gasteiger partial charge is 0.386 e. The third kappa shape index (κ3) is 2.82. The summed E-state index contributed by atoms with van der Waals surface area (Å²) < 4.78 is 27.9. The van der Waals surface area contributed by atoms with Crippen molar-refractivity contribution in [3.05, 3.63) is 0 Å². The van der Waals surface area contributed by atoms with Gasteiger partial charge in [0.15, 0.2) is 35.0 Å². The molecule has 1 unspecified atom stereocenters. The molecule has 10 heteroatoms. The molecule has 0 saturated heterocycles. The zero-order valence-electron chi connectivity index (χ0n) is 16.3. The molecule has 0 aromatic rings. The molecule has 0 rings (SSSR count). The Morgan fingerprint density at radius 3 is 1.79 bits per heavy atom. The minimum Gasteiger partial charge on any atom is -0.386 e. The molecule has 0 aliphatic heterocycles. The van der Waals surface area contributed by atoms with E-state index < -0.39 is 86.0 Å². The first-order valence-corrected chi connectivity index (χ1v) is 6.10. The van der Waals surface area contributed by atoms with Crippen LogP contribution in [0.1, 0.15) is 33.1 Å². The molecular formula is C14H20O10. The normalized spacial score (nSPS) is 23.5. The van der Waals surface area contributed by atoms with E-state index in [0.717, 1.165) is 0 Å². The summed E-state index contributed by atoms with van der Waals surface area (Å²) >= 11 is 0. The summed E-state index contributed by atoms with van der Waals surface area (Å²) in [5, 5.41) is 51.7. The Kier molecular flexibility index (Phi) is 4.54. The van der Waals surface area contributed by atoms with Gasteiger partial charge in [-0.15, -0.1) is 0 Å². The second-order valence-corrected chi connectivity index (χ2v) is 4.99. The van der Waals surface area contributed by atoms with E-state index in [0.29, 0.717) is 0 Å². The lowest BCUT2D eigenvalue weighted by Crippen LogP contribution is -2.80. The highest BCUT2D eigenvalue weighted by Crippen LogP contribution is 2.38. The standard InChI is InChI=1S/C14H20O10/c1-6(16)10(20)11(21)13(23,8(3)18)14(24,9(4)19)12(22,5-15)7(2)17/h5,10-11,20-24H,1-4H3/t10?,11-,12+,13-,14-/m1/s1/i1D,2D,3D,4D. The highest BCUT2D eigenvalue weighted by molar-refractivity contribution is 6.12. The molecule has 0 aliphatic carbocycles. The predicted molar refractivity (Wildman–Crippen MR) is 75.7 cm³/mol. The molecule has 24 heavy (non-hydrogen) atoms. The fourth-order valence-corrected chi connectivity index (χ4v) is 2.05. The summed E-state index contributed by atoms with van der Waals surface area (Å²) in [5.41, 5.74) is -12.6. The molecule has 0 aromatic carbocycles. The number of hydrogen-bond donors (Lipinski definition) is 5. The number of rotatable bonds is 9. The van der Waals surface area contributed by atoms with Crippen LogP contribution >= 0.6 is 0 Å². The highest BCUT2D eigenvalue weighted by atomic mass is 16.4. The smallest absolute Gasteiger partial charge is 0.217 e. The maximum absolute atomic E-state index is 12.2. The molecule has 0 amide bonds. The van der Waals surface area contributed by atoms with Gasteiger partial charge in [-0.1, -0.05) is 0 Å². The third-order valence-corrected chi connectivity index (χ3v) is 3.58. The monoisotopic (exact) mass is 352 g/mol. The molecule has 0 aromatic heterocycles.